The molecule has 1 heterocycles. The molecule has 0 bridgehead atoms. The third kappa shape index (κ3) is 5.20. The molecular weight excluding hydrogens is 332 g/mol. The Kier molecular flexibility index (Phi) is 6.68. The maximum atomic E-state index is 12.7. The maximum absolute atomic E-state index is 12.7. The van der Waals surface area contributed by atoms with Crippen molar-refractivity contribution < 1.29 is 4.79 Å². The lowest BCUT2D eigenvalue weighted by Gasteiger charge is -2.32. The van der Waals surface area contributed by atoms with Crippen LogP contribution in [0.2, 0.25) is 0 Å². The highest BCUT2D eigenvalue weighted by Crippen LogP contribution is 2.22. The van der Waals surface area contributed by atoms with Crippen molar-refractivity contribution in [1.29, 1.82) is 0 Å². The van der Waals surface area contributed by atoms with Gasteiger partial charge < -0.3 is 5.32 Å². The predicted octanol–water partition coefficient (Wildman–Crippen LogP) is 4.65. The van der Waals surface area contributed by atoms with E-state index in [1.165, 1.54) is 22.3 Å². The molecule has 0 radical (unpaired) electrons. The summed E-state index contributed by atoms with van der Waals surface area (Å²) in [6.07, 6.45) is 2.93. The zero-order valence-electron chi connectivity index (χ0n) is 16.9. The number of rotatable bonds is 6. The van der Waals surface area contributed by atoms with Crippen LogP contribution in [0.15, 0.2) is 48.5 Å². The minimum atomic E-state index is 0.0633. The van der Waals surface area contributed by atoms with Crippen molar-refractivity contribution in [2.75, 3.05) is 13.1 Å². The Labute approximate surface area is 163 Å². The summed E-state index contributed by atoms with van der Waals surface area (Å²) in [7, 11) is 0. The number of carbonyl (C=O) groups is 1. The molecule has 3 nitrogen and oxygen atoms in total. The fourth-order valence-electron chi connectivity index (χ4n) is 3.84. The smallest absolute Gasteiger partial charge is 0.223 e. The van der Waals surface area contributed by atoms with E-state index < -0.39 is 0 Å². The molecule has 144 valence electrons. The van der Waals surface area contributed by atoms with Crippen LogP contribution in [0.1, 0.15) is 55.0 Å². The van der Waals surface area contributed by atoms with Gasteiger partial charge in [-0.25, -0.2) is 0 Å². The lowest BCUT2D eigenvalue weighted by Crippen LogP contribution is -2.41. The van der Waals surface area contributed by atoms with Gasteiger partial charge in [0.15, 0.2) is 0 Å². The molecule has 2 aromatic carbocycles. The van der Waals surface area contributed by atoms with Crippen molar-refractivity contribution in [2.24, 2.45) is 5.92 Å². The maximum Gasteiger partial charge on any atom is 0.223 e. The van der Waals surface area contributed by atoms with Crippen LogP contribution in [0, 0.1) is 12.8 Å². The van der Waals surface area contributed by atoms with Gasteiger partial charge in [0, 0.05) is 12.5 Å². The molecule has 27 heavy (non-hydrogen) atoms. The van der Waals surface area contributed by atoms with Crippen LogP contribution in [-0.2, 0) is 17.8 Å². The van der Waals surface area contributed by atoms with Gasteiger partial charge in [-0.15, -0.1) is 0 Å². The monoisotopic (exact) mass is 364 g/mol. The molecule has 0 saturated carbocycles. The molecule has 1 aliphatic rings. The number of carbonyl (C=O) groups excluding carboxylic acids is 1. The average molecular weight is 365 g/mol. The molecule has 2 aromatic rings. The number of nitrogens with one attached hydrogen (secondary N) is 1. The summed E-state index contributed by atoms with van der Waals surface area (Å²) in [6, 6.07) is 17.2. The number of benzene rings is 2. The van der Waals surface area contributed by atoms with Crippen molar-refractivity contribution in [1.82, 2.24) is 10.2 Å². The highest BCUT2D eigenvalue weighted by molar-refractivity contribution is 5.79. The summed E-state index contributed by atoms with van der Waals surface area (Å²) >= 11 is 0. The first kappa shape index (κ1) is 19.6. The molecule has 1 fully saturated rings. The quantitative estimate of drug-likeness (QED) is 0.809. The lowest BCUT2D eigenvalue weighted by molar-refractivity contribution is -0.127. The zero-order valence-corrected chi connectivity index (χ0v) is 16.9. The Hall–Kier alpha value is -2.13. The molecule has 3 rings (SSSR count). The number of likely N-dealkylation sites (tertiary alicyclic amines) is 1. The summed E-state index contributed by atoms with van der Waals surface area (Å²) in [6.45, 7) is 9.38. The third-order valence-electron chi connectivity index (χ3n) is 5.86. The summed E-state index contributed by atoms with van der Waals surface area (Å²) in [4.78, 5) is 15.2. The Morgan fingerprint density at radius 3 is 2.41 bits per heavy atom. The summed E-state index contributed by atoms with van der Waals surface area (Å²) in [5.41, 5.74) is 5.25. The normalized spacial score (nSPS) is 16.9. The fraction of sp³-hybridized carbons (Fsp3) is 0.458. The van der Waals surface area contributed by atoms with Gasteiger partial charge in [0.1, 0.15) is 0 Å². The van der Waals surface area contributed by atoms with Gasteiger partial charge in [-0.05, 0) is 68.5 Å². The number of nitrogens with zero attached hydrogens (tertiary/aromatic N) is 1. The van der Waals surface area contributed by atoms with E-state index >= 15 is 0 Å². The van der Waals surface area contributed by atoms with Gasteiger partial charge in [0.05, 0.1) is 6.04 Å². The van der Waals surface area contributed by atoms with E-state index in [1.54, 1.807) is 0 Å². The first-order chi connectivity index (χ1) is 13.1. The number of hydrogen-bond donors (Lipinski definition) is 1. The molecule has 1 N–H and O–H groups in total. The number of amides is 1. The standard InChI is InChI=1S/C24H32N2O/c1-4-20-9-11-21(12-10-20)19(3)25-24(27)22-13-15-26(16-14-22)17-23-8-6-5-7-18(23)2/h5-12,19,22H,4,13-17H2,1-3H3,(H,25,27)/t19-/m1/s1. The van der Waals surface area contributed by atoms with E-state index in [2.05, 4.69) is 79.5 Å². The largest absolute Gasteiger partial charge is 0.349 e. The fourth-order valence-corrected chi connectivity index (χ4v) is 3.84. The molecule has 1 aliphatic heterocycles. The Morgan fingerprint density at radius 2 is 1.78 bits per heavy atom. The van der Waals surface area contributed by atoms with E-state index in [0.717, 1.165) is 38.9 Å². The third-order valence-corrected chi connectivity index (χ3v) is 5.86. The molecule has 0 aliphatic carbocycles. The van der Waals surface area contributed by atoms with Crippen molar-refractivity contribution in [2.45, 2.75) is 52.6 Å². The van der Waals surface area contributed by atoms with Gasteiger partial charge in [0.25, 0.3) is 0 Å². The van der Waals surface area contributed by atoms with Gasteiger partial charge >= 0.3 is 0 Å². The van der Waals surface area contributed by atoms with Gasteiger partial charge in [0.2, 0.25) is 5.91 Å². The van der Waals surface area contributed by atoms with Crippen LogP contribution in [0.5, 0.6) is 0 Å². The molecule has 0 aromatic heterocycles. The molecule has 1 saturated heterocycles. The van der Waals surface area contributed by atoms with E-state index in [0.29, 0.717) is 0 Å². The molecule has 0 unspecified atom stereocenters. The summed E-state index contributed by atoms with van der Waals surface area (Å²) in [5.74, 6) is 0.341. The van der Waals surface area contributed by atoms with Crippen LogP contribution in [0.25, 0.3) is 0 Å². The molecular formula is C24H32N2O. The molecule has 1 amide bonds. The Morgan fingerprint density at radius 1 is 1.11 bits per heavy atom. The zero-order chi connectivity index (χ0) is 19.2. The molecule has 1 atom stereocenters. The second-order valence-corrected chi connectivity index (χ2v) is 7.80. The predicted molar refractivity (Wildman–Crippen MR) is 112 cm³/mol. The van der Waals surface area contributed by atoms with E-state index in [9.17, 15) is 4.79 Å². The van der Waals surface area contributed by atoms with Crippen molar-refractivity contribution in [3.63, 3.8) is 0 Å². The van der Waals surface area contributed by atoms with Crippen LogP contribution < -0.4 is 5.32 Å². The second kappa shape index (κ2) is 9.18. The van der Waals surface area contributed by atoms with E-state index in [4.69, 9.17) is 0 Å². The Bertz CT molecular complexity index is 745. The topological polar surface area (TPSA) is 32.3 Å². The lowest BCUT2D eigenvalue weighted by atomic mass is 9.94. The van der Waals surface area contributed by atoms with Gasteiger partial charge in [-0.2, -0.15) is 0 Å². The summed E-state index contributed by atoms with van der Waals surface area (Å²) in [5, 5.41) is 3.22. The van der Waals surface area contributed by atoms with Crippen LogP contribution in [0.3, 0.4) is 0 Å². The minimum Gasteiger partial charge on any atom is -0.349 e. The van der Waals surface area contributed by atoms with E-state index in [1.807, 2.05) is 0 Å². The van der Waals surface area contributed by atoms with Crippen LogP contribution in [0.4, 0.5) is 0 Å². The number of aryl methyl sites for hydroxylation is 2. The number of piperidine rings is 1. The van der Waals surface area contributed by atoms with Crippen molar-refractivity contribution in [3.8, 4) is 0 Å². The molecule has 0 spiro atoms. The summed E-state index contributed by atoms with van der Waals surface area (Å²) < 4.78 is 0. The Balaban J connectivity index is 1.48. The second-order valence-electron chi connectivity index (χ2n) is 7.80. The molecule has 3 heteroatoms. The highest BCUT2D eigenvalue weighted by Gasteiger charge is 2.26. The first-order valence-electron chi connectivity index (χ1n) is 10.2. The number of hydrogen-bond acceptors (Lipinski definition) is 2. The SMILES string of the molecule is CCc1ccc([C@@H](C)NC(=O)C2CCN(Cc3ccccc3C)CC2)cc1. The van der Waals surface area contributed by atoms with Crippen molar-refractivity contribution in [3.05, 3.63) is 70.8 Å². The first-order valence-corrected chi connectivity index (χ1v) is 10.2. The highest BCUT2D eigenvalue weighted by atomic mass is 16.1. The van der Waals surface area contributed by atoms with E-state index in [-0.39, 0.29) is 17.9 Å². The average Bonchev–Trinajstić information content (AvgIpc) is 2.70. The van der Waals surface area contributed by atoms with Crippen LogP contribution >= 0.6 is 0 Å². The van der Waals surface area contributed by atoms with Gasteiger partial charge in [-0.3, -0.25) is 9.69 Å². The minimum absolute atomic E-state index is 0.0633. The van der Waals surface area contributed by atoms with Gasteiger partial charge in [-0.1, -0.05) is 55.5 Å². The van der Waals surface area contributed by atoms with Crippen LogP contribution in [-0.4, -0.2) is 23.9 Å². The van der Waals surface area contributed by atoms with Crippen molar-refractivity contribution >= 4 is 5.91 Å².